The van der Waals surface area contributed by atoms with E-state index in [1.165, 1.54) is 0 Å². The van der Waals surface area contributed by atoms with Gasteiger partial charge in [-0.2, -0.15) is 5.48 Å². The summed E-state index contributed by atoms with van der Waals surface area (Å²) in [6.45, 7) is 4.84. The van der Waals surface area contributed by atoms with Crippen LogP contribution in [0.5, 0.6) is 0 Å². The number of hydroxylamine groups is 1. The van der Waals surface area contributed by atoms with Crippen molar-refractivity contribution in [3.8, 4) is 0 Å². The van der Waals surface area contributed by atoms with Gasteiger partial charge in [-0.15, -0.1) is 0 Å². The highest BCUT2D eigenvalue weighted by atomic mass is 16.6. The van der Waals surface area contributed by atoms with Crippen molar-refractivity contribution in [3.63, 3.8) is 0 Å². The van der Waals surface area contributed by atoms with Gasteiger partial charge in [-0.05, 0) is 11.1 Å². The van der Waals surface area contributed by atoms with Gasteiger partial charge in [0.1, 0.15) is 0 Å². The maximum absolute atomic E-state index is 9.35. The third-order valence-electron chi connectivity index (χ3n) is 2.55. The molecule has 0 heterocycles. The van der Waals surface area contributed by atoms with Crippen molar-refractivity contribution in [2.45, 2.75) is 25.8 Å². The van der Waals surface area contributed by atoms with Crippen LogP contribution >= 0.6 is 0 Å². The molecular weight excluding hydrogens is 190 g/mol. The summed E-state index contributed by atoms with van der Waals surface area (Å²) in [5, 5.41) is 9.35. The van der Waals surface area contributed by atoms with Crippen LogP contribution in [0.25, 0.3) is 0 Å². The number of hydrogen-bond donors (Lipinski definition) is 2. The van der Waals surface area contributed by atoms with Crippen LogP contribution in [0.3, 0.4) is 0 Å². The molecule has 0 radical (unpaired) electrons. The highest BCUT2D eigenvalue weighted by molar-refractivity contribution is 5.33. The molecule has 3 heteroatoms. The lowest BCUT2D eigenvalue weighted by Crippen LogP contribution is -2.25. The molecule has 0 aliphatic rings. The quantitative estimate of drug-likeness (QED) is 0.724. The number of aliphatic hydroxyl groups excluding tert-OH is 1. The molecule has 3 nitrogen and oxygen atoms in total. The van der Waals surface area contributed by atoms with Crippen molar-refractivity contribution in [2.75, 3.05) is 13.7 Å². The molecule has 1 rings (SSSR count). The Morgan fingerprint density at radius 1 is 1.33 bits per heavy atom. The largest absolute Gasteiger partial charge is 0.395 e. The number of hydrogen-bond acceptors (Lipinski definition) is 3. The van der Waals surface area contributed by atoms with E-state index in [9.17, 15) is 5.11 Å². The van der Waals surface area contributed by atoms with E-state index in [2.05, 4.69) is 5.48 Å². The second-order valence-corrected chi connectivity index (χ2v) is 4.22. The summed E-state index contributed by atoms with van der Waals surface area (Å²) in [7, 11) is 1.60. The molecular formula is C12H19NO2. The van der Waals surface area contributed by atoms with Crippen molar-refractivity contribution >= 4 is 0 Å². The maximum Gasteiger partial charge on any atom is 0.0572 e. The second-order valence-electron chi connectivity index (χ2n) is 4.22. The molecule has 0 bridgehead atoms. The van der Waals surface area contributed by atoms with Crippen LogP contribution in [0.4, 0.5) is 0 Å². The third kappa shape index (κ3) is 3.02. The smallest absolute Gasteiger partial charge is 0.0572 e. The fourth-order valence-corrected chi connectivity index (χ4v) is 1.57. The van der Waals surface area contributed by atoms with E-state index in [0.29, 0.717) is 6.54 Å². The highest BCUT2D eigenvalue weighted by Gasteiger charge is 2.21. The van der Waals surface area contributed by atoms with E-state index in [1.54, 1.807) is 7.11 Å². The molecule has 0 fully saturated rings. The Balaban J connectivity index is 2.95. The van der Waals surface area contributed by atoms with Crippen LogP contribution < -0.4 is 5.48 Å². The molecule has 0 aliphatic carbocycles. The van der Waals surface area contributed by atoms with Gasteiger partial charge in [0.05, 0.1) is 13.7 Å². The van der Waals surface area contributed by atoms with Crippen molar-refractivity contribution < 1.29 is 9.94 Å². The van der Waals surface area contributed by atoms with E-state index in [4.69, 9.17) is 4.84 Å². The number of benzene rings is 1. The summed E-state index contributed by atoms with van der Waals surface area (Å²) < 4.78 is 0. The van der Waals surface area contributed by atoms with E-state index < -0.39 is 0 Å². The lowest BCUT2D eigenvalue weighted by molar-refractivity contribution is 0.0861. The van der Waals surface area contributed by atoms with Gasteiger partial charge in [-0.1, -0.05) is 38.1 Å². The SMILES string of the molecule is CONCc1ccccc1C(C)(C)CO. The van der Waals surface area contributed by atoms with Crippen molar-refractivity contribution in [3.05, 3.63) is 35.4 Å². The predicted molar refractivity (Wildman–Crippen MR) is 60.4 cm³/mol. The Morgan fingerprint density at radius 2 is 2.00 bits per heavy atom. The van der Waals surface area contributed by atoms with Gasteiger partial charge >= 0.3 is 0 Å². The van der Waals surface area contributed by atoms with E-state index >= 15 is 0 Å². The Morgan fingerprint density at radius 3 is 2.60 bits per heavy atom. The van der Waals surface area contributed by atoms with Crippen molar-refractivity contribution in [1.29, 1.82) is 0 Å². The molecule has 1 aromatic rings. The highest BCUT2D eigenvalue weighted by Crippen LogP contribution is 2.25. The van der Waals surface area contributed by atoms with E-state index in [-0.39, 0.29) is 12.0 Å². The Hall–Kier alpha value is -0.900. The summed E-state index contributed by atoms with van der Waals surface area (Å²) in [5.41, 5.74) is 4.90. The molecule has 15 heavy (non-hydrogen) atoms. The Labute approximate surface area is 91.0 Å². The fraction of sp³-hybridized carbons (Fsp3) is 0.500. The minimum Gasteiger partial charge on any atom is -0.395 e. The standard InChI is InChI=1S/C12H19NO2/c1-12(2,9-14)11-7-5-4-6-10(11)8-13-15-3/h4-7,13-14H,8-9H2,1-3H3. The monoisotopic (exact) mass is 209 g/mol. The van der Waals surface area contributed by atoms with Gasteiger partial charge in [0.2, 0.25) is 0 Å². The zero-order valence-electron chi connectivity index (χ0n) is 9.58. The number of nitrogens with one attached hydrogen (secondary N) is 1. The first-order valence-electron chi connectivity index (χ1n) is 5.07. The van der Waals surface area contributed by atoms with Crippen LogP contribution in [0, 0.1) is 0 Å². The van der Waals surface area contributed by atoms with Gasteiger partial charge in [-0.3, -0.25) is 0 Å². The Bertz CT molecular complexity index is 310. The predicted octanol–water partition coefficient (Wildman–Crippen LogP) is 1.61. The van der Waals surface area contributed by atoms with Crippen LogP contribution in [-0.2, 0) is 16.8 Å². The molecule has 0 atom stereocenters. The average molecular weight is 209 g/mol. The maximum atomic E-state index is 9.35. The molecule has 84 valence electrons. The zero-order valence-corrected chi connectivity index (χ0v) is 9.58. The number of aliphatic hydroxyl groups is 1. The molecule has 1 aromatic carbocycles. The van der Waals surface area contributed by atoms with Gasteiger partial charge < -0.3 is 9.94 Å². The van der Waals surface area contributed by atoms with Gasteiger partial charge in [0.15, 0.2) is 0 Å². The average Bonchev–Trinajstić information content (AvgIpc) is 2.26. The molecule has 0 aromatic heterocycles. The summed E-state index contributed by atoms with van der Waals surface area (Å²) in [6, 6.07) is 8.06. The zero-order chi connectivity index (χ0) is 11.3. The van der Waals surface area contributed by atoms with Crippen LogP contribution in [-0.4, -0.2) is 18.8 Å². The number of rotatable bonds is 5. The minimum absolute atomic E-state index is 0.136. The molecule has 0 spiro atoms. The van der Waals surface area contributed by atoms with E-state index in [0.717, 1.165) is 11.1 Å². The first kappa shape index (κ1) is 12.2. The van der Waals surface area contributed by atoms with Crippen molar-refractivity contribution in [1.82, 2.24) is 5.48 Å². The lowest BCUT2D eigenvalue weighted by atomic mass is 9.82. The lowest BCUT2D eigenvalue weighted by Gasteiger charge is -2.25. The van der Waals surface area contributed by atoms with Crippen molar-refractivity contribution in [2.24, 2.45) is 0 Å². The fourth-order valence-electron chi connectivity index (χ4n) is 1.57. The van der Waals surface area contributed by atoms with Gasteiger partial charge in [-0.25, -0.2) is 0 Å². The molecule has 0 saturated heterocycles. The first-order valence-corrected chi connectivity index (χ1v) is 5.07. The summed E-state index contributed by atoms with van der Waals surface area (Å²) in [4.78, 5) is 4.83. The normalized spacial score (nSPS) is 11.7. The van der Waals surface area contributed by atoms with Crippen LogP contribution in [0.2, 0.25) is 0 Å². The topological polar surface area (TPSA) is 41.5 Å². The first-order chi connectivity index (χ1) is 7.11. The van der Waals surface area contributed by atoms with Gasteiger partial charge in [0.25, 0.3) is 0 Å². The summed E-state index contributed by atoms with van der Waals surface area (Å²) >= 11 is 0. The van der Waals surface area contributed by atoms with Gasteiger partial charge in [0, 0.05) is 12.0 Å². The molecule has 2 N–H and O–H groups in total. The molecule has 0 amide bonds. The van der Waals surface area contributed by atoms with Crippen LogP contribution in [0.15, 0.2) is 24.3 Å². The van der Waals surface area contributed by atoms with E-state index in [1.807, 2.05) is 38.1 Å². The summed E-state index contributed by atoms with van der Waals surface area (Å²) in [5.74, 6) is 0. The molecule has 0 saturated carbocycles. The Kier molecular flexibility index (Phi) is 4.27. The second kappa shape index (κ2) is 5.26. The minimum atomic E-state index is -0.216. The third-order valence-corrected chi connectivity index (χ3v) is 2.55. The molecule has 0 unspecified atom stereocenters. The van der Waals surface area contributed by atoms with Crippen LogP contribution in [0.1, 0.15) is 25.0 Å². The summed E-state index contributed by atoms with van der Waals surface area (Å²) in [6.07, 6.45) is 0. The molecule has 0 aliphatic heterocycles.